The fourth-order valence-corrected chi connectivity index (χ4v) is 3.88. The number of nitrogens with zero attached hydrogens (tertiary/aromatic N) is 1. The minimum Gasteiger partial charge on any atom is -0.373 e. The van der Waals surface area contributed by atoms with Crippen LogP contribution in [0.4, 0.5) is 0 Å². The summed E-state index contributed by atoms with van der Waals surface area (Å²) < 4.78 is 5.99. The van der Waals surface area contributed by atoms with Crippen LogP contribution in [-0.4, -0.2) is 43.1 Å². The first-order valence-corrected chi connectivity index (χ1v) is 9.91. The number of halogens is 2. The monoisotopic (exact) mass is 384 g/mol. The van der Waals surface area contributed by atoms with E-state index in [2.05, 4.69) is 5.32 Å². The predicted octanol–water partition coefficient (Wildman–Crippen LogP) is 3.89. The third kappa shape index (κ3) is 5.58. The van der Waals surface area contributed by atoms with Gasteiger partial charge < -0.3 is 15.0 Å². The van der Waals surface area contributed by atoms with Gasteiger partial charge in [-0.15, -0.1) is 0 Å². The fourth-order valence-electron chi connectivity index (χ4n) is 3.56. The van der Waals surface area contributed by atoms with Crippen molar-refractivity contribution < 1.29 is 9.53 Å². The first-order chi connectivity index (χ1) is 12.1. The molecule has 0 bridgehead atoms. The smallest absolute Gasteiger partial charge is 0.222 e. The highest BCUT2D eigenvalue weighted by Crippen LogP contribution is 2.24. The van der Waals surface area contributed by atoms with Crippen molar-refractivity contribution in [2.75, 3.05) is 26.2 Å². The molecule has 0 aliphatic carbocycles. The average molecular weight is 385 g/mol. The first kappa shape index (κ1) is 19.0. The molecule has 2 aliphatic heterocycles. The largest absolute Gasteiger partial charge is 0.373 e. The predicted molar refractivity (Wildman–Crippen MR) is 101 cm³/mol. The second kappa shape index (κ2) is 9.22. The van der Waals surface area contributed by atoms with Gasteiger partial charge in [-0.2, -0.15) is 0 Å². The van der Waals surface area contributed by atoms with Gasteiger partial charge in [0.1, 0.15) is 0 Å². The highest BCUT2D eigenvalue weighted by Gasteiger charge is 2.24. The van der Waals surface area contributed by atoms with E-state index in [0.29, 0.717) is 34.9 Å². The average Bonchev–Trinajstić information content (AvgIpc) is 3.15. The molecule has 3 rings (SSSR count). The van der Waals surface area contributed by atoms with Gasteiger partial charge in [0.25, 0.3) is 0 Å². The van der Waals surface area contributed by atoms with Crippen LogP contribution in [0, 0.1) is 5.92 Å². The molecule has 0 aromatic heterocycles. The van der Waals surface area contributed by atoms with Crippen molar-refractivity contribution in [3.63, 3.8) is 0 Å². The van der Waals surface area contributed by atoms with Gasteiger partial charge in [-0.3, -0.25) is 4.79 Å². The number of carbonyl (C=O) groups excluding carboxylic acids is 1. The Balaban J connectivity index is 1.36. The quantitative estimate of drug-likeness (QED) is 0.808. The number of piperidine rings is 1. The molecule has 0 spiro atoms. The maximum Gasteiger partial charge on any atom is 0.222 e. The lowest BCUT2D eigenvalue weighted by Gasteiger charge is -2.32. The summed E-state index contributed by atoms with van der Waals surface area (Å²) in [5.41, 5.74) is 1.03. The Morgan fingerprint density at radius 3 is 2.68 bits per heavy atom. The van der Waals surface area contributed by atoms with E-state index in [9.17, 15) is 4.79 Å². The lowest BCUT2D eigenvalue weighted by molar-refractivity contribution is -0.134. The molecule has 2 heterocycles. The molecule has 2 aliphatic rings. The summed E-state index contributed by atoms with van der Waals surface area (Å²) >= 11 is 12.0. The van der Waals surface area contributed by atoms with Crippen LogP contribution in [-0.2, 0) is 16.1 Å². The van der Waals surface area contributed by atoms with Gasteiger partial charge in [0.2, 0.25) is 5.91 Å². The van der Waals surface area contributed by atoms with Crippen LogP contribution in [0.2, 0.25) is 10.0 Å². The van der Waals surface area contributed by atoms with E-state index >= 15 is 0 Å². The Morgan fingerprint density at radius 1 is 1.20 bits per heavy atom. The second-order valence-electron chi connectivity index (χ2n) is 7.04. The van der Waals surface area contributed by atoms with E-state index in [0.717, 1.165) is 51.0 Å². The number of rotatable bonds is 6. The van der Waals surface area contributed by atoms with Gasteiger partial charge in [0, 0.05) is 19.5 Å². The van der Waals surface area contributed by atoms with Gasteiger partial charge in [-0.1, -0.05) is 29.3 Å². The molecule has 2 saturated heterocycles. The molecular formula is C19H26Cl2N2O2. The van der Waals surface area contributed by atoms with E-state index in [1.807, 2.05) is 17.0 Å². The maximum atomic E-state index is 12.3. The highest BCUT2D eigenvalue weighted by atomic mass is 35.5. The molecule has 2 fully saturated rings. The molecule has 0 saturated carbocycles. The van der Waals surface area contributed by atoms with Crippen LogP contribution in [0.5, 0.6) is 0 Å². The standard InChI is InChI=1S/C19H26Cl2N2O2/c20-17-3-1-15(11-18(17)21)13-25-16-6-9-23(10-7-16)19(24)4-2-14-5-8-22-12-14/h1,3,11,14,16,22H,2,4-10,12-13H2. The fraction of sp³-hybridized carbons (Fsp3) is 0.632. The molecule has 1 aromatic carbocycles. The van der Waals surface area contributed by atoms with Crippen molar-refractivity contribution in [3.8, 4) is 0 Å². The molecule has 1 N–H and O–H groups in total. The van der Waals surface area contributed by atoms with E-state index in [1.54, 1.807) is 6.07 Å². The summed E-state index contributed by atoms with van der Waals surface area (Å²) in [6.07, 6.45) is 4.91. The minimum atomic E-state index is 0.206. The van der Waals surface area contributed by atoms with Crippen LogP contribution >= 0.6 is 23.2 Å². The van der Waals surface area contributed by atoms with Crippen molar-refractivity contribution in [1.82, 2.24) is 10.2 Å². The molecule has 1 atom stereocenters. The molecule has 0 radical (unpaired) electrons. The number of hydrogen-bond acceptors (Lipinski definition) is 3. The van der Waals surface area contributed by atoms with E-state index in [4.69, 9.17) is 27.9 Å². The van der Waals surface area contributed by atoms with Gasteiger partial charge >= 0.3 is 0 Å². The Bertz CT molecular complexity index is 583. The van der Waals surface area contributed by atoms with Gasteiger partial charge in [-0.25, -0.2) is 0 Å². The van der Waals surface area contributed by atoms with E-state index in [1.165, 1.54) is 6.42 Å². The van der Waals surface area contributed by atoms with Crippen molar-refractivity contribution in [2.45, 2.75) is 44.8 Å². The highest BCUT2D eigenvalue weighted by molar-refractivity contribution is 6.42. The van der Waals surface area contributed by atoms with Crippen molar-refractivity contribution in [1.29, 1.82) is 0 Å². The van der Waals surface area contributed by atoms with Crippen molar-refractivity contribution in [2.24, 2.45) is 5.92 Å². The van der Waals surface area contributed by atoms with Gasteiger partial charge in [-0.05, 0) is 62.4 Å². The summed E-state index contributed by atoms with van der Waals surface area (Å²) in [5, 5.41) is 4.48. The topological polar surface area (TPSA) is 41.6 Å². The first-order valence-electron chi connectivity index (χ1n) is 9.16. The molecule has 25 heavy (non-hydrogen) atoms. The SMILES string of the molecule is O=C(CCC1CCNC1)N1CCC(OCc2ccc(Cl)c(Cl)c2)CC1. The van der Waals surface area contributed by atoms with Crippen molar-refractivity contribution >= 4 is 29.1 Å². The lowest BCUT2D eigenvalue weighted by atomic mass is 10.0. The summed E-state index contributed by atoms with van der Waals surface area (Å²) in [6, 6.07) is 5.58. The summed E-state index contributed by atoms with van der Waals surface area (Å²) in [6.45, 7) is 4.30. The second-order valence-corrected chi connectivity index (χ2v) is 7.85. The third-order valence-electron chi connectivity index (χ3n) is 5.19. The minimum absolute atomic E-state index is 0.206. The Labute approximate surface area is 159 Å². The zero-order chi connectivity index (χ0) is 17.6. The number of carbonyl (C=O) groups is 1. The summed E-state index contributed by atoms with van der Waals surface area (Å²) in [4.78, 5) is 14.3. The number of hydrogen-bond donors (Lipinski definition) is 1. The molecule has 138 valence electrons. The number of amides is 1. The maximum absolute atomic E-state index is 12.3. The van der Waals surface area contributed by atoms with E-state index < -0.39 is 0 Å². The Kier molecular flexibility index (Phi) is 7.00. The zero-order valence-corrected chi connectivity index (χ0v) is 16.0. The molecule has 6 heteroatoms. The van der Waals surface area contributed by atoms with Gasteiger partial charge in [0.15, 0.2) is 0 Å². The van der Waals surface area contributed by atoms with Crippen molar-refractivity contribution in [3.05, 3.63) is 33.8 Å². The number of ether oxygens (including phenoxy) is 1. The molecule has 1 amide bonds. The third-order valence-corrected chi connectivity index (χ3v) is 5.93. The molecule has 1 unspecified atom stereocenters. The van der Waals surface area contributed by atoms with Gasteiger partial charge in [0.05, 0.1) is 22.8 Å². The van der Waals surface area contributed by atoms with Crippen LogP contribution in [0.25, 0.3) is 0 Å². The molecule has 1 aromatic rings. The number of likely N-dealkylation sites (tertiary alicyclic amines) is 1. The summed E-state index contributed by atoms with van der Waals surface area (Å²) in [5.74, 6) is 0.978. The summed E-state index contributed by atoms with van der Waals surface area (Å²) in [7, 11) is 0. The Hall–Kier alpha value is -0.810. The Morgan fingerprint density at radius 2 is 2.00 bits per heavy atom. The van der Waals surface area contributed by atoms with E-state index in [-0.39, 0.29) is 6.10 Å². The normalized spacial score (nSPS) is 21.7. The van der Waals surface area contributed by atoms with Crippen LogP contribution in [0.1, 0.15) is 37.7 Å². The van der Waals surface area contributed by atoms with Crippen LogP contribution in [0.3, 0.4) is 0 Å². The molecular weight excluding hydrogens is 359 g/mol. The number of benzene rings is 1. The molecule has 4 nitrogen and oxygen atoms in total. The zero-order valence-electron chi connectivity index (χ0n) is 14.5. The number of nitrogens with one attached hydrogen (secondary N) is 1. The lowest BCUT2D eigenvalue weighted by Crippen LogP contribution is -2.40. The van der Waals surface area contributed by atoms with Crippen LogP contribution < -0.4 is 5.32 Å². The van der Waals surface area contributed by atoms with Crippen LogP contribution in [0.15, 0.2) is 18.2 Å².